The number of carboxylic acid groups (broad SMARTS) is 1. The SMILES string of the molecule is C=C[C@H]1[C@H](O[C@@H]2O[C@H](CO)[C@@H](O)C(O)(O)[C@H]2OC(C)C)OC=C(C(=O)O[C@@H]2CC[C@]3(CCC[C@@H]3CNC)C2)[C@H]1/C=C/C1=C(NC(N)=NCCCO)C(C(=O)O)=CN(CCO)C1. The Morgan fingerprint density at radius 3 is 2.59 bits per heavy atom. The first-order valence-corrected chi connectivity index (χ1v) is 21.1. The van der Waals surface area contributed by atoms with Crippen LogP contribution in [-0.2, 0) is 33.3 Å². The zero-order chi connectivity index (χ0) is 44.5. The van der Waals surface area contributed by atoms with Crippen LogP contribution in [0.15, 0.2) is 64.7 Å². The summed E-state index contributed by atoms with van der Waals surface area (Å²) in [5.74, 6) is -6.32. The summed E-state index contributed by atoms with van der Waals surface area (Å²) in [5.41, 5.74) is 6.67. The maximum atomic E-state index is 14.3. The summed E-state index contributed by atoms with van der Waals surface area (Å²) >= 11 is 0. The van der Waals surface area contributed by atoms with Gasteiger partial charge in [-0.3, -0.25) is 4.99 Å². The number of guanidine groups is 1. The van der Waals surface area contributed by atoms with Crippen LogP contribution in [0.25, 0.3) is 0 Å². The zero-order valence-electron chi connectivity index (χ0n) is 35.2. The number of β-amino-alcohol motifs (C(OH)–C–C–N with tert-alkyl or cyclic N) is 1. The van der Waals surface area contributed by atoms with Gasteiger partial charge in [-0.2, -0.15) is 0 Å². The van der Waals surface area contributed by atoms with Crippen LogP contribution >= 0.6 is 0 Å². The van der Waals surface area contributed by atoms with E-state index in [4.69, 9.17) is 29.4 Å². The molecule has 10 atom stereocenters. The minimum atomic E-state index is -2.93. The van der Waals surface area contributed by atoms with E-state index < -0.39 is 73.2 Å². The molecule has 3 aliphatic heterocycles. The molecule has 0 aromatic heterocycles. The highest BCUT2D eigenvalue weighted by molar-refractivity contribution is 5.95. The molecule has 1 spiro atoms. The lowest BCUT2D eigenvalue weighted by Crippen LogP contribution is -2.69. The van der Waals surface area contributed by atoms with Crippen LogP contribution in [0.4, 0.5) is 0 Å². The molecule has 0 amide bonds. The minimum Gasteiger partial charge on any atom is -0.478 e. The van der Waals surface area contributed by atoms with Crippen molar-refractivity contribution in [1.82, 2.24) is 15.5 Å². The highest BCUT2D eigenvalue weighted by Crippen LogP contribution is 2.55. The highest BCUT2D eigenvalue weighted by atomic mass is 16.8. The number of carbonyl (C=O) groups is 2. The molecule has 2 saturated carbocycles. The highest BCUT2D eigenvalue weighted by Gasteiger charge is 2.58. The number of carboxylic acids is 1. The second kappa shape index (κ2) is 21.5. The number of rotatable bonds is 19. The van der Waals surface area contributed by atoms with E-state index in [1.54, 1.807) is 30.9 Å². The van der Waals surface area contributed by atoms with Gasteiger partial charge in [-0.15, -0.1) is 6.58 Å². The van der Waals surface area contributed by atoms with E-state index in [0.717, 1.165) is 38.6 Å². The number of aliphatic imine (C=N–C) groups is 1. The lowest BCUT2D eigenvalue weighted by atomic mass is 9.76. The van der Waals surface area contributed by atoms with Crippen molar-refractivity contribution in [3.05, 3.63) is 59.7 Å². The molecule has 0 bridgehead atoms. The first kappa shape index (κ1) is 48.1. The van der Waals surface area contributed by atoms with Gasteiger partial charge in [0.05, 0.1) is 48.3 Å². The van der Waals surface area contributed by atoms with Crippen molar-refractivity contribution in [2.24, 2.45) is 33.9 Å². The Kier molecular flexibility index (Phi) is 16.9. The fourth-order valence-corrected chi connectivity index (χ4v) is 9.22. The third kappa shape index (κ3) is 11.2. The Labute approximate surface area is 356 Å². The van der Waals surface area contributed by atoms with Gasteiger partial charge in [0.15, 0.2) is 18.4 Å². The van der Waals surface area contributed by atoms with Gasteiger partial charge in [-0.25, -0.2) is 9.59 Å². The molecule has 0 aromatic carbocycles. The molecule has 0 radical (unpaired) electrons. The van der Waals surface area contributed by atoms with Gasteiger partial charge in [0.2, 0.25) is 12.1 Å². The topological polar surface area (TPSA) is 288 Å². The number of esters is 1. The van der Waals surface area contributed by atoms with Gasteiger partial charge in [0.1, 0.15) is 18.3 Å². The second-order valence-electron chi connectivity index (χ2n) is 16.7. The Morgan fingerprint density at radius 2 is 1.93 bits per heavy atom. The van der Waals surface area contributed by atoms with E-state index in [0.29, 0.717) is 24.3 Å². The van der Waals surface area contributed by atoms with Crippen LogP contribution in [-0.4, -0.2) is 160 Å². The summed E-state index contributed by atoms with van der Waals surface area (Å²) in [6.45, 7) is 7.35. The number of hydrogen-bond donors (Lipinski definition) is 10. The van der Waals surface area contributed by atoms with Crippen molar-refractivity contribution >= 4 is 17.9 Å². The lowest BCUT2D eigenvalue weighted by Gasteiger charge is -2.48. The maximum absolute atomic E-state index is 14.3. The molecule has 61 heavy (non-hydrogen) atoms. The summed E-state index contributed by atoms with van der Waals surface area (Å²) in [6, 6.07) is 0. The molecule has 5 rings (SSSR count). The number of allylic oxidation sites excluding steroid dienone is 1. The average molecular weight is 864 g/mol. The number of aliphatic hydroxyl groups is 6. The van der Waals surface area contributed by atoms with Crippen LogP contribution in [0, 0.1) is 23.2 Å². The van der Waals surface area contributed by atoms with E-state index in [2.05, 4.69) is 22.2 Å². The van der Waals surface area contributed by atoms with E-state index in [-0.39, 0.29) is 67.2 Å². The Balaban J connectivity index is 1.53. The van der Waals surface area contributed by atoms with Gasteiger partial charge in [-0.05, 0) is 82.9 Å². The summed E-state index contributed by atoms with van der Waals surface area (Å²) in [6.07, 6.45) is 4.26. The van der Waals surface area contributed by atoms with Crippen LogP contribution in [0.5, 0.6) is 0 Å². The number of aliphatic carboxylic acids is 1. The monoisotopic (exact) mass is 863 g/mol. The Morgan fingerprint density at radius 1 is 1.16 bits per heavy atom. The van der Waals surface area contributed by atoms with Crippen molar-refractivity contribution in [1.29, 1.82) is 0 Å². The number of nitrogens with one attached hydrogen (secondary N) is 2. The standard InChI is InChI=1S/C42H65N5O14/c1-5-28-29(10-9-25-20-47(15-17-49)21-30(36(52)53)33(25)46-40(43)45-14-7-16-48)31(37(54)59-27-11-13-41(18-27)12-6-8-26(41)19-44-4)23-57-38(28)61-39-35(58-24(2)3)42(55,56)34(51)32(22-50)60-39/h5,9-10,21,23-24,26-29,32,34-35,38-39,44,48-51,55-56H,1,6-8,11-20,22H2,2-4H3,(H,52,53)(H3,43,45,46)/b10-9+/t26-,27-,28-,29+,32-,34-,35+,38+,39+,41-/m1/s1. The molecule has 3 heterocycles. The molecule has 3 fully saturated rings. The van der Waals surface area contributed by atoms with Crippen LogP contribution in [0.3, 0.4) is 0 Å². The molecule has 2 aliphatic carbocycles. The average Bonchev–Trinajstić information content (AvgIpc) is 3.81. The van der Waals surface area contributed by atoms with Crippen molar-refractivity contribution < 1.29 is 69.0 Å². The summed E-state index contributed by atoms with van der Waals surface area (Å²) < 4.78 is 30.1. The molecule has 5 aliphatic rings. The molecular weight excluding hydrogens is 798 g/mol. The zero-order valence-corrected chi connectivity index (χ0v) is 35.2. The van der Waals surface area contributed by atoms with Crippen molar-refractivity contribution in [3.63, 3.8) is 0 Å². The Hall–Kier alpha value is -3.89. The van der Waals surface area contributed by atoms with Crippen molar-refractivity contribution in [3.8, 4) is 0 Å². The smallest absolute Gasteiger partial charge is 0.339 e. The number of hydrogen-bond acceptors (Lipinski definition) is 16. The number of aliphatic hydroxyl groups excluding tert-OH is 4. The summed E-state index contributed by atoms with van der Waals surface area (Å²) in [5, 5.41) is 78.2. The second-order valence-corrected chi connectivity index (χ2v) is 16.7. The third-order valence-electron chi connectivity index (χ3n) is 12.2. The minimum absolute atomic E-state index is 0.0758. The fraction of sp³-hybridized carbons (Fsp3) is 0.690. The molecule has 1 saturated heterocycles. The Bertz CT molecular complexity index is 1700. The molecule has 342 valence electrons. The van der Waals surface area contributed by atoms with Crippen LogP contribution < -0.4 is 16.4 Å². The van der Waals surface area contributed by atoms with Crippen LogP contribution in [0.1, 0.15) is 58.8 Å². The summed E-state index contributed by atoms with van der Waals surface area (Å²) in [7, 11) is 1.94. The maximum Gasteiger partial charge on any atom is 0.339 e. The van der Waals surface area contributed by atoms with Gasteiger partial charge in [0.25, 0.3) is 0 Å². The normalized spacial score (nSPS) is 32.9. The third-order valence-corrected chi connectivity index (χ3v) is 12.2. The van der Waals surface area contributed by atoms with E-state index >= 15 is 0 Å². The fourth-order valence-electron chi connectivity index (χ4n) is 9.22. The molecule has 19 heteroatoms. The number of nitrogens with zero attached hydrogens (tertiary/aromatic N) is 2. The predicted molar refractivity (Wildman–Crippen MR) is 219 cm³/mol. The van der Waals surface area contributed by atoms with Gasteiger partial charge < -0.3 is 80.7 Å². The number of nitrogens with two attached hydrogens (primary N) is 1. The van der Waals surface area contributed by atoms with Crippen molar-refractivity contribution in [2.45, 2.75) is 108 Å². The van der Waals surface area contributed by atoms with Crippen molar-refractivity contribution in [2.75, 3.05) is 53.0 Å². The molecule has 0 aromatic rings. The largest absolute Gasteiger partial charge is 0.478 e. The van der Waals surface area contributed by atoms with E-state index in [1.165, 1.54) is 18.5 Å². The first-order valence-electron chi connectivity index (χ1n) is 21.1. The van der Waals surface area contributed by atoms with Gasteiger partial charge in [-0.1, -0.05) is 24.6 Å². The predicted octanol–water partition coefficient (Wildman–Crippen LogP) is -0.311. The van der Waals surface area contributed by atoms with Gasteiger partial charge >= 0.3 is 11.9 Å². The molecule has 11 N–H and O–H groups in total. The van der Waals surface area contributed by atoms with Crippen LogP contribution in [0.2, 0.25) is 0 Å². The van der Waals surface area contributed by atoms with E-state index in [1.807, 2.05) is 7.05 Å². The molecule has 19 nitrogen and oxygen atoms in total. The summed E-state index contributed by atoms with van der Waals surface area (Å²) in [4.78, 5) is 32.7. The van der Waals surface area contributed by atoms with E-state index in [9.17, 15) is 45.3 Å². The quantitative estimate of drug-likeness (QED) is 0.0199. The number of ether oxygens (including phenoxy) is 5. The first-order chi connectivity index (χ1) is 29.1. The molecular formula is C42H65N5O14. The molecule has 0 unspecified atom stereocenters. The number of carbonyl (C=O) groups excluding carboxylic acids is 1. The van der Waals surface area contributed by atoms with Gasteiger partial charge in [0, 0.05) is 38.4 Å². The lowest BCUT2D eigenvalue weighted by molar-refractivity contribution is -0.413.